The summed E-state index contributed by atoms with van der Waals surface area (Å²) < 4.78 is 5.00. The van der Waals surface area contributed by atoms with Crippen LogP contribution in [-0.4, -0.2) is 16.8 Å². The number of hydrogen-bond acceptors (Lipinski definition) is 4. The highest BCUT2D eigenvalue weighted by atomic mass is 35.5. The van der Waals surface area contributed by atoms with Crippen LogP contribution in [0.4, 0.5) is 0 Å². The van der Waals surface area contributed by atoms with E-state index in [1.807, 2.05) is 42.5 Å². The average Bonchev–Trinajstić information content (AvgIpc) is 3.16. The van der Waals surface area contributed by atoms with E-state index >= 15 is 0 Å². The average molecular weight is 381 g/mol. The molecule has 1 aliphatic heterocycles. The summed E-state index contributed by atoms with van der Waals surface area (Å²) in [6, 6.07) is 13.7. The highest BCUT2D eigenvalue weighted by Crippen LogP contribution is 2.37. The maximum atomic E-state index is 12.2. The van der Waals surface area contributed by atoms with Crippen LogP contribution < -0.4 is 5.32 Å². The number of aromatic nitrogens is 1. The number of carbonyl (C=O) groups is 2. The van der Waals surface area contributed by atoms with Gasteiger partial charge in [0.15, 0.2) is 6.39 Å². The Kier molecular flexibility index (Phi) is 4.77. The van der Waals surface area contributed by atoms with Gasteiger partial charge in [-0.1, -0.05) is 54.1 Å². The Morgan fingerprint density at radius 1 is 1.15 bits per heavy atom. The number of nitrogens with zero attached hydrogens (tertiary/aromatic N) is 1. The zero-order valence-electron chi connectivity index (χ0n) is 14.4. The summed E-state index contributed by atoms with van der Waals surface area (Å²) in [4.78, 5) is 27.7. The third-order valence-electron chi connectivity index (χ3n) is 4.78. The maximum absolute atomic E-state index is 12.2. The molecule has 0 spiro atoms. The summed E-state index contributed by atoms with van der Waals surface area (Å²) >= 11 is 6.65. The Morgan fingerprint density at radius 2 is 1.96 bits per heavy atom. The molecule has 0 aliphatic carbocycles. The fourth-order valence-electron chi connectivity index (χ4n) is 3.37. The number of carbonyl (C=O) groups excluding carboxylic acids is 2. The molecule has 1 aromatic heterocycles. The van der Waals surface area contributed by atoms with Crippen LogP contribution in [-0.2, 0) is 16.0 Å². The third kappa shape index (κ3) is 3.64. The van der Waals surface area contributed by atoms with Gasteiger partial charge < -0.3 is 4.42 Å². The predicted octanol–water partition coefficient (Wildman–Crippen LogP) is 4.11. The van der Waals surface area contributed by atoms with Crippen LogP contribution in [0.25, 0.3) is 11.1 Å². The number of rotatable bonds is 4. The monoisotopic (exact) mass is 380 g/mol. The molecule has 5 nitrogen and oxygen atoms in total. The van der Waals surface area contributed by atoms with Crippen molar-refractivity contribution >= 4 is 23.4 Å². The van der Waals surface area contributed by atoms with Crippen LogP contribution in [0.2, 0.25) is 5.02 Å². The lowest BCUT2D eigenvalue weighted by Crippen LogP contribution is -2.39. The number of imide groups is 1. The first-order chi connectivity index (χ1) is 13.1. The summed E-state index contributed by atoms with van der Waals surface area (Å²) in [5, 5.41) is 2.94. The van der Waals surface area contributed by atoms with Crippen molar-refractivity contribution in [3.63, 3.8) is 0 Å². The Morgan fingerprint density at radius 3 is 2.67 bits per heavy atom. The zero-order chi connectivity index (χ0) is 18.8. The maximum Gasteiger partial charge on any atom is 0.234 e. The fraction of sp³-hybridized carbons (Fsp3) is 0.190. The molecule has 1 atom stereocenters. The van der Waals surface area contributed by atoms with Crippen LogP contribution in [0.3, 0.4) is 0 Å². The lowest BCUT2D eigenvalue weighted by Gasteiger charge is -2.23. The van der Waals surface area contributed by atoms with Crippen molar-refractivity contribution in [2.45, 2.75) is 25.2 Å². The first kappa shape index (κ1) is 17.5. The SMILES string of the molecule is O=C1CCC(c2cccc(-c3ccc(Cc4cocn4)cc3)c2Cl)C(=O)N1. The van der Waals surface area contributed by atoms with E-state index in [0.717, 1.165) is 27.9 Å². The van der Waals surface area contributed by atoms with Gasteiger partial charge >= 0.3 is 0 Å². The van der Waals surface area contributed by atoms with Crippen LogP contribution in [0.15, 0.2) is 59.5 Å². The van der Waals surface area contributed by atoms with Gasteiger partial charge in [0.25, 0.3) is 0 Å². The van der Waals surface area contributed by atoms with E-state index in [1.54, 1.807) is 6.26 Å². The first-order valence-corrected chi connectivity index (χ1v) is 9.08. The second-order valence-corrected chi connectivity index (χ2v) is 6.94. The van der Waals surface area contributed by atoms with Crippen molar-refractivity contribution in [2.75, 3.05) is 0 Å². The van der Waals surface area contributed by atoms with Gasteiger partial charge in [-0.2, -0.15) is 0 Å². The van der Waals surface area contributed by atoms with Crippen LogP contribution >= 0.6 is 11.6 Å². The van der Waals surface area contributed by atoms with Crippen molar-refractivity contribution in [1.82, 2.24) is 10.3 Å². The molecule has 0 radical (unpaired) electrons. The fourth-order valence-corrected chi connectivity index (χ4v) is 3.74. The molecule has 1 unspecified atom stereocenters. The van der Waals surface area contributed by atoms with Crippen molar-refractivity contribution < 1.29 is 14.0 Å². The number of halogens is 1. The molecule has 0 saturated carbocycles. The minimum atomic E-state index is -0.401. The lowest BCUT2D eigenvalue weighted by atomic mass is 9.88. The molecular weight excluding hydrogens is 364 g/mol. The number of oxazole rings is 1. The van der Waals surface area contributed by atoms with Gasteiger partial charge in [-0.25, -0.2) is 4.98 Å². The van der Waals surface area contributed by atoms with Gasteiger partial charge in [0.1, 0.15) is 6.26 Å². The number of hydrogen-bond donors (Lipinski definition) is 1. The quantitative estimate of drug-likeness (QED) is 0.691. The summed E-state index contributed by atoms with van der Waals surface area (Å²) in [5.74, 6) is -0.916. The molecule has 2 heterocycles. The predicted molar refractivity (Wildman–Crippen MR) is 101 cm³/mol. The molecule has 6 heteroatoms. The van der Waals surface area contributed by atoms with Gasteiger partial charge in [-0.05, 0) is 23.1 Å². The van der Waals surface area contributed by atoms with E-state index in [-0.39, 0.29) is 11.8 Å². The Labute approximate surface area is 161 Å². The molecule has 1 fully saturated rings. The number of piperidine rings is 1. The summed E-state index contributed by atoms with van der Waals surface area (Å²) in [6.07, 6.45) is 4.55. The summed E-state index contributed by atoms with van der Waals surface area (Å²) in [5.41, 5.74) is 4.58. The zero-order valence-corrected chi connectivity index (χ0v) is 15.2. The highest BCUT2D eigenvalue weighted by Gasteiger charge is 2.30. The second kappa shape index (κ2) is 7.37. The molecule has 2 amide bonds. The minimum Gasteiger partial charge on any atom is -0.451 e. The van der Waals surface area contributed by atoms with E-state index in [9.17, 15) is 9.59 Å². The van der Waals surface area contributed by atoms with E-state index in [0.29, 0.717) is 24.3 Å². The molecule has 0 bridgehead atoms. The van der Waals surface area contributed by atoms with Crippen molar-refractivity contribution in [3.05, 3.63) is 77.0 Å². The molecule has 1 N–H and O–H groups in total. The molecule has 3 aromatic rings. The molecule has 2 aromatic carbocycles. The number of benzene rings is 2. The van der Waals surface area contributed by atoms with E-state index in [1.165, 1.54) is 6.39 Å². The highest BCUT2D eigenvalue weighted by molar-refractivity contribution is 6.34. The van der Waals surface area contributed by atoms with Crippen molar-refractivity contribution in [3.8, 4) is 11.1 Å². The van der Waals surface area contributed by atoms with Gasteiger partial charge in [-0.15, -0.1) is 0 Å². The summed E-state index contributed by atoms with van der Waals surface area (Å²) in [6.45, 7) is 0. The Hall–Kier alpha value is -2.92. The van der Waals surface area contributed by atoms with Crippen LogP contribution in [0.1, 0.15) is 35.6 Å². The Bertz CT molecular complexity index is 981. The topological polar surface area (TPSA) is 72.2 Å². The van der Waals surface area contributed by atoms with Gasteiger partial charge in [-0.3, -0.25) is 14.9 Å². The summed E-state index contributed by atoms with van der Waals surface area (Å²) in [7, 11) is 0. The van der Waals surface area contributed by atoms with Gasteiger partial charge in [0.05, 0.1) is 16.6 Å². The smallest absolute Gasteiger partial charge is 0.234 e. The van der Waals surface area contributed by atoms with E-state index in [2.05, 4.69) is 10.3 Å². The molecular formula is C21H17ClN2O3. The van der Waals surface area contributed by atoms with Gasteiger partial charge in [0, 0.05) is 18.4 Å². The largest absolute Gasteiger partial charge is 0.451 e. The molecule has 27 heavy (non-hydrogen) atoms. The molecule has 1 aliphatic rings. The molecule has 4 rings (SSSR count). The second-order valence-electron chi connectivity index (χ2n) is 6.57. The van der Waals surface area contributed by atoms with Gasteiger partial charge in [0.2, 0.25) is 11.8 Å². The number of amides is 2. The van der Waals surface area contributed by atoms with E-state index < -0.39 is 5.92 Å². The third-order valence-corrected chi connectivity index (χ3v) is 5.20. The van der Waals surface area contributed by atoms with Crippen molar-refractivity contribution in [2.24, 2.45) is 0 Å². The molecule has 136 valence electrons. The molecule has 1 saturated heterocycles. The first-order valence-electron chi connectivity index (χ1n) is 8.70. The number of nitrogens with one attached hydrogen (secondary N) is 1. The minimum absolute atomic E-state index is 0.230. The van der Waals surface area contributed by atoms with Crippen molar-refractivity contribution in [1.29, 1.82) is 0 Å². The Balaban J connectivity index is 1.60. The lowest BCUT2D eigenvalue weighted by molar-refractivity contribution is -0.134. The van der Waals surface area contributed by atoms with Crippen LogP contribution in [0, 0.1) is 0 Å². The van der Waals surface area contributed by atoms with Crippen LogP contribution in [0.5, 0.6) is 0 Å². The normalized spacial score (nSPS) is 17.0. The standard InChI is InChI=1S/C21H17ClN2O3/c22-20-16(2-1-3-17(20)18-8-9-19(25)24-21(18)26)14-6-4-13(5-7-14)10-15-11-27-12-23-15/h1-7,11-12,18H,8-10H2,(H,24,25,26). The van der Waals surface area contributed by atoms with E-state index in [4.69, 9.17) is 16.0 Å².